The van der Waals surface area contributed by atoms with Crippen molar-refractivity contribution in [1.82, 2.24) is 29.7 Å². The van der Waals surface area contributed by atoms with Gasteiger partial charge in [0.1, 0.15) is 5.82 Å². The molecular weight excluding hydrogens is 507 g/mol. The highest BCUT2D eigenvalue weighted by Crippen LogP contribution is 2.20. The van der Waals surface area contributed by atoms with Crippen molar-refractivity contribution < 1.29 is 36.3 Å². The molecule has 1 saturated heterocycles. The smallest absolute Gasteiger partial charge is 0.422 e. The van der Waals surface area contributed by atoms with Crippen LogP contribution >= 0.6 is 0 Å². The van der Waals surface area contributed by atoms with Crippen molar-refractivity contribution in [3.05, 3.63) is 36.7 Å². The molecule has 16 heteroatoms. The lowest BCUT2D eigenvalue weighted by Crippen LogP contribution is -2.51. The van der Waals surface area contributed by atoms with Crippen LogP contribution in [-0.2, 0) is 21.2 Å². The zero-order valence-electron chi connectivity index (χ0n) is 19.1. The number of aromatic nitrogens is 4. The highest BCUT2D eigenvalue weighted by Gasteiger charge is 2.33. The number of amides is 1. The minimum absolute atomic E-state index is 0.101. The predicted molar refractivity (Wildman–Crippen MR) is 120 cm³/mol. The van der Waals surface area contributed by atoms with Crippen LogP contribution in [0.3, 0.4) is 0 Å². The van der Waals surface area contributed by atoms with Gasteiger partial charge >= 0.3 is 6.18 Å². The zero-order valence-corrected chi connectivity index (χ0v) is 20.0. The highest BCUT2D eigenvalue weighted by atomic mass is 32.2. The van der Waals surface area contributed by atoms with Crippen molar-refractivity contribution in [2.75, 3.05) is 43.4 Å². The number of sulfonamides is 1. The summed E-state index contributed by atoms with van der Waals surface area (Å²) in [5.74, 6) is -1.56. The molecule has 198 valence electrons. The first-order valence-electron chi connectivity index (χ1n) is 11.0. The number of hydroxylamine groups is 1. The van der Waals surface area contributed by atoms with Crippen LogP contribution < -0.4 is 15.1 Å². The van der Waals surface area contributed by atoms with Gasteiger partial charge in [-0.25, -0.2) is 33.8 Å². The Labute approximate surface area is 205 Å². The Kier molecular flexibility index (Phi) is 9.33. The maximum atomic E-state index is 13.0. The van der Waals surface area contributed by atoms with Gasteiger partial charge in [-0.3, -0.25) is 10.0 Å². The van der Waals surface area contributed by atoms with Crippen LogP contribution in [0.4, 0.5) is 19.1 Å². The summed E-state index contributed by atoms with van der Waals surface area (Å²) < 4.78 is 68.5. The molecule has 2 aromatic rings. The van der Waals surface area contributed by atoms with Crippen molar-refractivity contribution >= 4 is 21.9 Å². The molecule has 12 nitrogen and oxygen atoms in total. The lowest BCUT2D eigenvalue weighted by Gasteiger charge is -2.34. The van der Waals surface area contributed by atoms with Crippen molar-refractivity contribution in [2.24, 2.45) is 5.92 Å². The quantitative estimate of drug-likeness (QED) is 0.314. The standard InChI is InChI=1S/C20H26F3N7O5S/c21-20(22,23)14-35-16-11-26-19(27-12-16)29-7-9-30(10-8-29)36(33,34)13-15(18(31)28-32)3-1-4-17-24-5-2-6-25-17/h2,5-6,11-12,15,32H,1,3-4,7-10,13-14H2,(H,28,31)/t15-/m1/s1. The molecule has 0 bridgehead atoms. The molecule has 3 rings (SSSR count). The molecular formula is C20H26F3N7O5S. The van der Waals surface area contributed by atoms with Gasteiger partial charge in [-0.1, -0.05) is 0 Å². The van der Waals surface area contributed by atoms with Gasteiger partial charge in [-0.05, 0) is 18.9 Å². The van der Waals surface area contributed by atoms with E-state index in [1.165, 1.54) is 9.79 Å². The van der Waals surface area contributed by atoms with E-state index in [0.29, 0.717) is 18.7 Å². The van der Waals surface area contributed by atoms with Crippen LogP contribution in [-0.4, -0.2) is 88.5 Å². The van der Waals surface area contributed by atoms with E-state index in [4.69, 9.17) is 5.21 Å². The Balaban J connectivity index is 1.52. The average molecular weight is 534 g/mol. The number of hydrogen-bond donors (Lipinski definition) is 2. The average Bonchev–Trinajstić information content (AvgIpc) is 2.87. The molecule has 0 aliphatic carbocycles. The topological polar surface area (TPSA) is 151 Å². The number of carbonyl (C=O) groups excluding carboxylic acids is 1. The number of rotatable bonds is 11. The molecule has 1 atom stereocenters. The molecule has 0 radical (unpaired) electrons. The lowest BCUT2D eigenvalue weighted by molar-refractivity contribution is -0.153. The van der Waals surface area contributed by atoms with Crippen LogP contribution in [0.2, 0.25) is 0 Å². The van der Waals surface area contributed by atoms with Crippen LogP contribution in [0.15, 0.2) is 30.9 Å². The summed E-state index contributed by atoms with van der Waals surface area (Å²) in [4.78, 5) is 30.0. The third-order valence-electron chi connectivity index (χ3n) is 5.40. The van der Waals surface area contributed by atoms with Crippen LogP contribution in [0.5, 0.6) is 5.75 Å². The number of piperazine rings is 1. The van der Waals surface area contributed by atoms with E-state index in [1.54, 1.807) is 23.4 Å². The number of nitrogens with zero attached hydrogens (tertiary/aromatic N) is 6. The summed E-state index contributed by atoms with van der Waals surface area (Å²) in [6, 6.07) is 1.67. The Morgan fingerprint density at radius 3 is 2.33 bits per heavy atom. The van der Waals surface area contributed by atoms with Gasteiger partial charge in [0, 0.05) is 45.0 Å². The van der Waals surface area contributed by atoms with Gasteiger partial charge in [0.15, 0.2) is 12.4 Å². The molecule has 0 unspecified atom stereocenters. The molecule has 2 N–H and O–H groups in total. The zero-order chi connectivity index (χ0) is 26.2. The number of halogens is 3. The molecule has 1 aliphatic rings. The van der Waals surface area contributed by atoms with E-state index in [-0.39, 0.29) is 44.3 Å². The maximum absolute atomic E-state index is 13.0. The molecule has 3 heterocycles. The van der Waals surface area contributed by atoms with Gasteiger partial charge in [0.05, 0.1) is 24.1 Å². The number of hydrogen-bond acceptors (Lipinski definition) is 10. The number of ether oxygens (including phenoxy) is 1. The van der Waals surface area contributed by atoms with Gasteiger partial charge in [0.25, 0.3) is 0 Å². The van der Waals surface area contributed by atoms with Crippen molar-refractivity contribution in [1.29, 1.82) is 0 Å². The fourth-order valence-electron chi connectivity index (χ4n) is 3.59. The largest absolute Gasteiger partial charge is 0.481 e. The molecule has 36 heavy (non-hydrogen) atoms. The van der Waals surface area contributed by atoms with Gasteiger partial charge < -0.3 is 9.64 Å². The van der Waals surface area contributed by atoms with E-state index < -0.39 is 40.4 Å². The van der Waals surface area contributed by atoms with E-state index in [2.05, 4.69) is 24.7 Å². The molecule has 0 spiro atoms. The number of alkyl halides is 3. The summed E-state index contributed by atoms with van der Waals surface area (Å²) in [5, 5.41) is 9.06. The van der Waals surface area contributed by atoms with Crippen molar-refractivity contribution in [3.8, 4) is 5.75 Å². The van der Waals surface area contributed by atoms with Crippen LogP contribution in [0, 0.1) is 5.92 Å². The van der Waals surface area contributed by atoms with E-state index in [0.717, 1.165) is 12.4 Å². The van der Waals surface area contributed by atoms with E-state index in [9.17, 15) is 26.4 Å². The molecule has 0 aromatic carbocycles. The molecule has 2 aromatic heterocycles. The first-order valence-corrected chi connectivity index (χ1v) is 12.6. The summed E-state index contributed by atoms with van der Waals surface area (Å²) in [6.07, 6.45) is 2.05. The summed E-state index contributed by atoms with van der Waals surface area (Å²) in [5.41, 5.74) is 1.54. The van der Waals surface area contributed by atoms with Gasteiger partial charge in [-0.2, -0.15) is 17.5 Å². The third-order valence-corrected chi connectivity index (χ3v) is 7.37. The van der Waals surface area contributed by atoms with Crippen LogP contribution in [0.25, 0.3) is 0 Å². The van der Waals surface area contributed by atoms with E-state index >= 15 is 0 Å². The second kappa shape index (κ2) is 12.2. The number of carbonyl (C=O) groups is 1. The Morgan fingerprint density at radius 2 is 1.75 bits per heavy atom. The fraction of sp³-hybridized carbons (Fsp3) is 0.550. The lowest BCUT2D eigenvalue weighted by atomic mass is 10.0. The fourth-order valence-corrected chi connectivity index (χ4v) is 5.34. The minimum Gasteiger partial charge on any atom is -0.481 e. The van der Waals surface area contributed by atoms with Crippen molar-refractivity contribution in [2.45, 2.75) is 25.4 Å². The first-order chi connectivity index (χ1) is 17.1. The summed E-state index contributed by atoms with van der Waals surface area (Å²) in [7, 11) is -3.83. The van der Waals surface area contributed by atoms with Crippen LogP contribution in [0.1, 0.15) is 18.7 Å². The molecule has 1 aliphatic heterocycles. The SMILES string of the molecule is O=C(NO)[C@H](CCCc1ncccn1)CS(=O)(=O)N1CCN(c2ncc(OCC(F)(F)F)cn2)CC1. The maximum Gasteiger partial charge on any atom is 0.422 e. The Hall–Kier alpha value is -3.11. The normalized spacial score (nSPS) is 15.9. The highest BCUT2D eigenvalue weighted by molar-refractivity contribution is 7.89. The molecule has 1 fully saturated rings. The Bertz CT molecular complexity index is 1080. The molecule has 1 amide bonds. The summed E-state index contributed by atoms with van der Waals surface area (Å²) >= 11 is 0. The number of nitrogens with one attached hydrogen (secondary N) is 1. The monoisotopic (exact) mass is 533 g/mol. The Morgan fingerprint density at radius 1 is 1.11 bits per heavy atom. The van der Waals surface area contributed by atoms with Gasteiger partial charge in [-0.15, -0.1) is 0 Å². The second-order valence-corrected chi connectivity index (χ2v) is 10.0. The number of aryl methyl sites for hydroxylation is 1. The summed E-state index contributed by atoms with van der Waals surface area (Å²) in [6.45, 7) is -0.775. The number of anilines is 1. The second-order valence-electron chi connectivity index (χ2n) is 8.02. The predicted octanol–water partition coefficient (Wildman–Crippen LogP) is 0.804. The first kappa shape index (κ1) is 27.5. The molecule has 0 saturated carbocycles. The van der Waals surface area contributed by atoms with E-state index in [1.807, 2.05) is 0 Å². The minimum atomic E-state index is -4.48. The van der Waals surface area contributed by atoms with Crippen molar-refractivity contribution in [3.63, 3.8) is 0 Å². The van der Waals surface area contributed by atoms with Gasteiger partial charge in [0.2, 0.25) is 21.9 Å². The third kappa shape index (κ3) is 8.23.